The maximum Gasteiger partial charge on any atom is 0.0637 e. The van der Waals surface area contributed by atoms with Crippen LogP contribution in [-0.4, -0.2) is 4.98 Å². The molecule has 1 heterocycles. The van der Waals surface area contributed by atoms with Crippen molar-refractivity contribution in [2.75, 3.05) is 0 Å². The van der Waals surface area contributed by atoms with Crippen molar-refractivity contribution in [3.05, 3.63) is 63.4 Å². The smallest absolute Gasteiger partial charge is 0.0637 e. The van der Waals surface area contributed by atoms with Gasteiger partial charge in [0.15, 0.2) is 0 Å². The fraction of sp³-hybridized carbons (Fsp3) is 0.214. The highest BCUT2D eigenvalue weighted by atomic mass is 35.5. The van der Waals surface area contributed by atoms with Crippen LogP contribution in [0.4, 0.5) is 0 Å². The molecule has 2 N–H and O–H groups in total. The molecule has 1 aromatic heterocycles. The fourth-order valence-corrected chi connectivity index (χ4v) is 2.42. The van der Waals surface area contributed by atoms with Gasteiger partial charge in [0.05, 0.1) is 5.02 Å². The van der Waals surface area contributed by atoms with E-state index in [1.54, 1.807) is 12.4 Å². The lowest BCUT2D eigenvalue weighted by atomic mass is 10.00. The van der Waals surface area contributed by atoms with Crippen molar-refractivity contribution in [2.24, 2.45) is 5.73 Å². The Bertz CT molecular complexity index is 555. The molecule has 0 saturated carbocycles. The molecule has 94 valence electrons. The van der Waals surface area contributed by atoms with Crippen LogP contribution in [-0.2, 0) is 6.42 Å². The fourth-order valence-electron chi connectivity index (χ4n) is 1.85. The number of benzene rings is 1. The second kappa shape index (κ2) is 5.70. The highest BCUT2D eigenvalue weighted by molar-refractivity contribution is 6.31. The molecule has 1 atom stereocenters. The first-order chi connectivity index (χ1) is 8.58. The van der Waals surface area contributed by atoms with E-state index in [9.17, 15) is 0 Å². The summed E-state index contributed by atoms with van der Waals surface area (Å²) in [7, 11) is 0. The predicted molar refractivity (Wildman–Crippen MR) is 76.1 cm³/mol. The minimum Gasteiger partial charge on any atom is -0.324 e. The summed E-state index contributed by atoms with van der Waals surface area (Å²) in [5.74, 6) is 0. The number of pyridine rings is 1. The number of aryl methyl sites for hydroxylation is 1. The van der Waals surface area contributed by atoms with Crippen LogP contribution in [0.3, 0.4) is 0 Å². The number of rotatable bonds is 3. The molecule has 2 rings (SSSR count). The number of hydrogen-bond donors (Lipinski definition) is 1. The molecule has 2 aromatic rings. The largest absolute Gasteiger partial charge is 0.324 e. The Hall–Kier alpha value is -1.09. The highest BCUT2D eigenvalue weighted by Crippen LogP contribution is 2.26. The summed E-state index contributed by atoms with van der Waals surface area (Å²) in [6, 6.07) is 7.64. The van der Waals surface area contributed by atoms with Gasteiger partial charge < -0.3 is 5.73 Å². The Kier molecular flexibility index (Phi) is 4.23. The van der Waals surface area contributed by atoms with Crippen molar-refractivity contribution in [1.82, 2.24) is 4.98 Å². The summed E-state index contributed by atoms with van der Waals surface area (Å²) >= 11 is 12.3. The van der Waals surface area contributed by atoms with Crippen LogP contribution in [0, 0.1) is 6.92 Å². The lowest BCUT2D eigenvalue weighted by molar-refractivity contribution is 0.720. The monoisotopic (exact) mass is 280 g/mol. The van der Waals surface area contributed by atoms with Crippen molar-refractivity contribution in [3.8, 4) is 0 Å². The molecular formula is C14H14Cl2N2. The first-order valence-electron chi connectivity index (χ1n) is 5.68. The third kappa shape index (κ3) is 3.02. The van der Waals surface area contributed by atoms with Crippen molar-refractivity contribution < 1.29 is 0 Å². The highest BCUT2D eigenvalue weighted by Gasteiger charge is 2.12. The zero-order chi connectivity index (χ0) is 13.1. The third-order valence-electron chi connectivity index (χ3n) is 2.85. The summed E-state index contributed by atoms with van der Waals surface area (Å²) in [4.78, 5) is 3.95. The SMILES string of the molecule is Cc1ccc(CC(N)c2ccncc2Cl)c(Cl)c1. The van der Waals surface area contributed by atoms with Crippen molar-refractivity contribution in [3.63, 3.8) is 0 Å². The number of nitrogens with zero attached hydrogens (tertiary/aromatic N) is 1. The Balaban J connectivity index is 2.21. The maximum atomic E-state index is 6.20. The second-order valence-electron chi connectivity index (χ2n) is 4.30. The van der Waals surface area contributed by atoms with E-state index in [0.29, 0.717) is 11.4 Å². The molecule has 0 radical (unpaired) electrons. The molecule has 1 unspecified atom stereocenters. The van der Waals surface area contributed by atoms with Crippen molar-refractivity contribution in [2.45, 2.75) is 19.4 Å². The quantitative estimate of drug-likeness (QED) is 0.925. The molecular weight excluding hydrogens is 267 g/mol. The Morgan fingerprint density at radius 1 is 1.22 bits per heavy atom. The van der Waals surface area contributed by atoms with E-state index in [1.807, 2.05) is 31.2 Å². The van der Waals surface area contributed by atoms with Crippen molar-refractivity contribution in [1.29, 1.82) is 0 Å². The molecule has 0 saturated heterocycles. The second-order valence-corrected chi connectivity index (χ2v) is 5.12. The zero-order valence-corrected chi connectivity index (χ0v) is 11.5. The summed E-state index contributed by atoms with van der Waals surface area (Å²) < 4.78 is 0. The molecule has 0 fully saturated rings. The molecule has 2 nitrogen and oxygen atoms in total. The first-order valence-corrected chi connectivity index (χ1v) is 6.43. The molecule has 0 aliphatic heterocycles. The van der Waals surface area contributed by atoms with Gasteiger partial charge in [0.25, 0.3) is 0 Å². The van der Waals surface area contributed by atoms with E-state index in [1.165, 1.54) is 0 Å². The maximum absolute atomic E-state index is 6.20. The third-order valence-corrected chi connectivity index (χ3v) is 3.52. The molecule has 1 aromatic carbocycles. The van der Waals surface area contributed by atoms with E-state index in [2.05, 4.69) is 4.98 Å². The Morgan fingerprint density at radius 2 is 2.00 bits per heavy atom. The Morgan fingerprint density at radius 3 is 2.67 bits per heavy atom. The van der Waals surface area contributed by atoms with Gasteiger partial charge >= 0.3 is 0 Å². The van der Waals surface area contributed by atoms with Gasteiger partial charge in [0.1, 0.15) is 0 Å². The van der Waals surface area contributed by atoms with E-state index in [0.717, 1.165) is 21.7 Å². The number of aromatic nitrogens is 1. The van der Waals surface area contributed by atoms with Crippen LogP contribution in [0.15, 0.2) is 36.7 Å². The number of halogens is 2. The van der Waals surface area contributed by atoms with Crippen molar-refractivity contribution >= 4 is 23.2 Å². The van der Waals surface area contributed by atoms with Gasteiger partial charge in [-0.25, -0.2) is 0 Å². The van der Waals surface area contributed by atoms with Gasteiger partial charge in [0, 0.05) is 23.5 Å². The standard InChI is InChI=1S/C14H14Cl2N2/c1-9-2-3-10(12(15)6-9)7-14(17)11-4-5-18-8-13(11)16/h2-6,8,14H,7,17H2,1H3. The van der Waals surface area contributed by atoms with Crippen LogP contribution < -0.4 is 5.73 Å². The number of hydrogen-bond acceptors (Lipinski definition) is 2. The van der Waals surface area contributed by atoms with E-state index < -0.39 is 0 Å². The predicted octanol–water partition coefficient (Wildman–Crippen LogP) is 3.94. The van der Waals surface area contributed by atoms with Gasteiger partial charge in [-0.1, -0.05) is 35.3 Å². The topological polar surface area (TPSA) is 38.9 Å². The van der Waals surface area contributed by atoms with Crippen LogP contribution >= 0.6 is 23.2 Å². The van der Waals surface area contributed by atoms with E-state index in [4.69, 9.17) is 28.9 Å². The lowest BCUT2D eigenvalue weighted by Gasteiger charge is -2.14. The van der Waals surface area contributed by atoms with Gasteiger partial charge in [-0.15, -0.1) is 0 Å². The molecule has 0 spiro atoms. The Labute approximate surface area is 117 Å². The summed E-state index contributed by atoms with van der Waals surface area (Å²) in [5.41, 5.74) is 9.22. The average molecular weight is 281 g/mol. The first kappa shape index (κ1) is 13.3. The molecule has 0 aliphatic carbocycles. The lowest BCUT2D eigenvalue weighted by Crippen LogP contribution is -2.14. The minimum atomic E-state index is -0.180. The van der Waals surface area contributed by atoms with E-state index in [-0.39, 0.29) is 6.04 Å². The minimum absolute atomic E-state index is 0.180. The molecule has 18 heavy (non-hydrogen) atoms. The van der Waals surface area contributed by atoms with Gasteiger partial charge in [-0.3, -0.25) is 4.98 Å². The molecule has 0 amide bonds. The summed E-state index contributed by atoms with van der Waals surface area (Å²) in [6.07, 6.45) is 3.95. The zero-order valence-electron chi connectivity index (χ0n) is 10.0. The molecule has 4 heteroatoms. The van der Waals surface area contributed by atoms with Gasteiger partial charge in [0.2, 0.25) is 0 Å². The van der Waals surface area contributed by atoms with Gasteiger partial charge in [-0.2, -0.15) is 0 Å². The summed E-state index contributed by atoms with van der Waals surface area (Å²) in [6.45, 7) is 2.01. The van der Waals surface area contributed by atoms with Crippen LogP contribution in [0.1, 0.15) is 22.7 Å². The molecule has 0 bridgehead atoms. The number of nitrogens with two attached hydrogens (primary N) is 1. The van der Waals surface area contributed by atoms with Crippen LogP contribution in [0.5, 0.6) is 0 Å². The summed E-state index contributed by atoms with van der Waals surface area (Å²) in [5, 5.41) is 1.34. The van der Waals surface area contributed by atoms with Crippen LogP contribution in [0.2, 0.25) is 10.0 Å². The van der Waals surface area contributed by atoms with Crippen LogP contribution in [0.25, 0.3) is 0 Å². The molecule has 0 aliphatic rings. The average Bonchev–Trinajstić information content (AvgIpc) is 2.33. The van der Waals surface area contributed by atoms with Gasteiger partial charge in [-0.05, 0) is 42.2 Å². The van der Waals surface area contributed by atoms with E-state index >= 15 is 0 Å². The normalized spacial score (nSPS) is 12.4.